The van der Waals surface area contributed by atoms with Gasteiger partial charge in [-0.25, -0.2) is 0 Å². The Morgan fingerprint density at radius 2 is 1.62 bits per heavy atom. The molecule has 0 N–H and O–H groups in total. The molecule has 2 bridgehead atoms. The van der Waals surface area contributed by atoms with E-state index < -0.39 is 0 Å². The number of hydrogen-bond donors (Lipinski definition) is 0. The summed E-state index contributed by atoms with van der Waals surface area (Å²) >= 11 is 0. The molecular formula is C19H20N2O3. The topological polar surface area (TPSA) is 57.7 Å². The molecule has 0 unspecified atom stereocenters. The number of imide groups is 1. The molecule has 124 valence electrons. The van der Waals surface area contributed by atoms with Crippen molar-refractivity contribution < 1.29 is 14.4 Å². The van der Waals surface area contributed by atoms with E-state index in [4.69, 9.17) is 0 Å². The van der Waals surface area contributed by atoms with Crippen molar-refractivity contribution in [3.63, 3.8) is 0 Å². The number of carbonyl (C=O) groups is 3. The Labute approximate surface area is 140 Å². The molecule has 1 aromatic rings. The SMILES string of the molecule is CC(=O)N(CN1C(=O)[C@@H]2[C@H](C1=O)[C@@H]1C=C[C@H]2C1)c1ccc(C)cc1. The summed E-state index contributed by atoms with van der Waals surface area (Å²) in [5, 5.41) is 0. The number of benzene rings is 1. The van der Waals surface area contributed by atoms with Gasteiger partial charge in [0.25, 0.3) is 0 Å². The number of nitrogens with zero attached hydrogens (tertiary/aromatic N) is 2. The van der Waals surface area contributed by atoms with Crippen molar-refractivity contribution >= 4 is 23.4 Å². The molecule has 5 nitrogen and oxygen atoms in total. The predicted octanol–water partition coefficient (Wildman–Crippen LogP) is 2.11. The summed E-state index contributed by atoms with van der Waals surface area (Å²) in [5.41, 5.74) is 1.79. The van der Waals surface area contributed by atoms with Gasteiger partial charge in [-0.15, -0.1) is 0 Å². The lowest BCUT2D eigenvalue weighted by atomic mass is 9.85. The molecule has 4 rings (SSSR count). The number of fused-ring (bicyclic) bond motifs is 5. The molecule has 1 heterocycles. The molecule has 2 aliphatic carbocycles. The van der Waals surface area contributed by atoms with Crippen molar-refractivity contribution in [1.29, 1.82) is 0 Å². The van der Waals surface area contributed by atoms with Crippen LogP contribution in [0.1, 0.15) is 18.9 Å². The number of carbonyl (C=O) groups excluding carboxylic acids is 3. The van der Waals surface area contributed by atoms with E-state index in [2.05, 4.69) is 12.2 Å². The number of rotatable bonds is 3. The Morgan fingerprint density at radius 3 is 2.12 bits per heavy atom. The normalized spacial score (nSPS) is 30.2. The second kappa shape index (κ2) is 5.30. The fourth-order valence-electron chi connectivity index (χ4n) is 4.33. The molecule has 3 amide bonds. The molecule has 2 fully saturated rings. The van der Waals surface area contributed by atoms with Gasteiger partial charge in [-0.3, -0.25) is 24.2 Å². The first-order valence-electron chi connectivity index (χ1n) is 8.35. The maximum absolute atomic E-state index is 12.8. The fourth-order valence-corrected chi connectivity index (χ4v) is 4.33. The van der Waals surface area contributed by atoms with Crippen LogP contribution >= 0.6 is 0 Å². The highest BCUT2D eigenvalue weighted by molar-refractivity contribution is 6.07. The molecule has 1 saturated carbocycles. The molecule has 0 spiro atoms. The minimum Gasteiger partial charge on any atom is -0.294 e. The largest absolute Gasteiger partial charge is 0.294 e. The Morgan fingerprint density at radius 1 is 1.08 bits per heavy atom. The fraction of sp³-hybridized carbons (Fsp3) is 0.421. The third-order valence-corrected chi connectivity index (χ3v) is 5.57. The molecule has 1 saturated heterocycles. The van der Waals surface area contributed by atoms with Crippen molar-refractivity contribution in [2.24, 2.45) is 23.7 Å². The van der Waals surface area contributed by atoms with E-state index >= 15 is 0 Å². The van der Waals surface area contributed by atoms with Gasteiger partial charge in [0, 0.05) is 12.6 Å². The highest BCUT2D eigenvalue weighted by atomic mass is 16.2. The molecule has 5 heteroatoms. The highest BCUT2D eigenvalue weighted by Crippen LogP contribution is 2.52. The van der Waals surface area contributed by atoms with Crippen LogP contribution in [0.5, 0.6) is 0 Å². The van der Waals surface area contributed by atoms with E-state index in [9.17, 15) is 14.4 Å². The summed E-state index contributed by atoms with van der Waals surface area (Å²) in [7, 11) is 0. The zero-order valence-electron chi connectivity index (χ0n) is 13.8. The van der Waals surface area contributed by atoms with Crippen LogP contribution in [-0.4, -0.2) is 29.3 Å². The second-order valence-electron chi connectivity index (χ2n) is 7.03. The quantitative estimate of drug-likeness (QED) is 0.632. The van der Waals surface area contributed by atoms with Gasteiger partial charge in [-0.2, -0.15) is 0 Å². The lowest BCUT2D eigenvalue weighted by Gasteiger charge is -2.27. The summed E-state index contributed by atoms with van der Waals surface area (Å²) in [6.07, 6.45) is 5.06. The molecule has 4 atom stereocenters. The summed E-state index contributed by atoms with van der Waals surface area (Å²) < 4.78 is 0. The molecule has 3 aliphatic rings. The maximum Gasteiger partial charge on any atom is 0.235 e. The molecule has 24 heavy (non-hydrogen) atoms. The van der Waals surface area contributed by atoms with Crippen LogP contribution in [0.2, 0.25) is 0 Å². The van der Waals surface area contributed by atoms with Crippen LogP contribution in [0.25, 0.3) is 0 Å². The lowest BCUT2D eigenvalue weighted by molar-refractivity contribution is -0.140. The number of aryl methyl sites for hydroxylation is 1. The van der Waals surface area contributed by atoms with Gasteiger partial charge in [0.05, 0.1) is 11.8 Å². The molecule has 1 aromatic carbocycles. The lowest BCUT2D eigenvalue weighted by Crippen LogP contribution is -2.44. The van der Waals surface area contributed by atoms with Gasteiger partial charge in [0.2, 0.25) is 17.7 Å². The molecule has 0 aromatic heterocycles. The minimum atomic E-state index is -0.223. The molecular weight excluding hydrogens is 304 g/mol. The van der Waals surface area contributed by atoms with E-state index in [1.807, 2.05) is 31.2 Å². The Bertz CT molecular complexity index is 722. The summed E-state index contributed by atoms with van der Waals surface area (Å²) in [6.45, 7) is 3.43. The molecule has 1 aliphatic heterocycles. The highest BCUT2D eigenvalue weighted by Gasteiger charge is 2.59. The summed E-state index contributed by atoms with van der Waals surface area (Å²) in [5.74, 6) is -0.505. The Balaban J connectivity index is 1.60. The first kappa shape index (κ1) is 15.1. The van der Waals surface area contributed by atoms with E-state index in [0.29, 0.717) is 5.69 Å². The van der Waals surface area contributed by atoms with Gasteiger partial charge in [0.1, 0.15) is 6.67 Å². The van der Waals surface area contributed by atoms with Crippen LogP contribution < -0.4 is 4.90 Å². The van der Waals surface area contributed by atoms with Gasteiger partial charge < -0.3 is 0 Å². The smallest absolute Gasteiger partial charge is 0.235 e. The van der Waals surface area contributed by atoms with E-state index in [1.165, 1.54) is 16.7 Å². The number of allylic oxidation sites excluding steroid dienone is 2. The van der Waals surface area contributed by atoms with Crippen LogP contribution in [0, 0.1) is 30.6 Å². The Hall–Kier alpha value is -2.43. The minimum absolute atomic E-state index is 0.00248. The van der Waals surface area contributed by atoms with Crippen molar-refractivity contribution in [2.75, 3.05) is 11.6 Å². The predicted molar refractivity (Wildman–Crippen MR) is 88.8 cm³/mol. The maximum atomic E-state index is 12.8. The number of likely N-dealkylation sites (tertiary alicyclic amines) is 1. The van der Waals surface area contributed by atoms with E-state index in [1.54, 1.807) is 0 Å². The average Bonchev–Trinajstić information content (AvgIpc) is 3.22. The number of hydrogen-bond acceptors (Lipinski definition) is 3. The van der Waals surface area contributed by atoms with Gasteiger partial charge in [-0.05, 0) is 37.3 Å². The van der Waals surface area contributed by atoms with Crippen LogP contribution in [-0.2, 0) is 14.4 Å². The Kier molecular flexibility index (Phi) is 3.34. The van der Waals surface area contributed by atoms with Crippen molar-refractivity contribution in [3.05, 3.63) is 42.0 Å². The van der Waals surface area contributed by atoms with Gasteiger partial charge in [-0.1, -0.05) is 29.8 Å². The van der Waals surface area contributed by atoms with Crippen molar-refractivity contribution in [2.45, 2.75) is 20.3 Å². The summed E-state index contributed by atoms with van der Waals surface area (Å²) in [4.78, 5) is 40.4. The first-order chi connectivity index (χ1) is 11.5. The van der Waals surface area contributed by atoms with E-state index in [-0.39, 0.29) is 48.1 Å². The first-order valence-corrected chi connectivity index (χ1v) is 8.35. The van der Waals surface area contributed by atoms with Gasteiger partial charge >= 0.3 is 0 Å². The average molecular weight is 324 g/mol. The van der Waals surface area contributed by atoms with Crippen LogP contribution in [0.4, 0.5) is 5.69 Å². The zero-order valence-corrected chi connectivity index (χ0v) is 13.8. The van der Waals surface area contributed by atoms with Crippen LogP contribution in [0.15, 0.2) is 36.4 Å². The summed E-state index contributed by atoms with van der Waals surface area (Å²) in [6, 6.07) is 7.51. The van der Waals surface area contributed by atoms with Crippen LogP contribution in [0.3, 0.4) is 0 Å². The van der Waals surface area contributed by atoms with Crippen molar-refractivity contribution in [1.82, 2.24) is 4.90 Å². The van der Waals surface area contributed by atoms with Crippen molar-refractivity contribution in [3.8, 4) is 0 Å². The third kappa shape index (κ3) is 2.11. The van der Waals surface area contributed by atoms with Gasteiger partial charge in [0.15, 0.2) is 0 Å². The zero-order chi connectivity index (χ0) is 17.0. The standard InChI is InChI=1S/C19H20N2O3/c1-11-3-7-15(8-4-11)20(12(2)22)10-21-18(23)16-13-5-6-14(9-13)17(16)19(21)24/h3-8,13-14,16-17H,9-10H2,1-2H3/t13-,14+,16-,17+. The van der Waals surface area contributed by atoms with E-state index in [0.717, 1.165) is 12.0 Å². The molecule has 0 radical (unpaired) electrons. The third-order valence-electron chi connectivity index (χ3n) is 5.57. The monoisotopic (exact) mass is 324 g/mol. The number of amides is 3. The number of anilines is 1. The second-order valence-corrected chi connectivity index (χ2v) is 7.03.